The lowest BCUT2D eigenvalue weighted by atomic mass is 10.3. The average molecular weight is 284 g/mol. The highest BCUT2D eigenvalue weighted by atomic mass is 32.2. The molecule has 0 N–H and O–H groups in total. The predicted octanol–water partition coefficient (Wildman–Crippen LogP) is 2.18. The molecular formula is C12H10F2N2O2S. The van der Waals surface area contributed by atoms with Crippen molar-refractivity contribution in [1.82, 2.24) is 4.98 Å². The highest BCUT2D eigenvalue weighted by Gasteiger charge is 2.23. The topological polar surface area (TPSA) is 50.3 Å². The van der Waals surface area contributed by atoms with Crippen LogP contribution in [0.2, 0.25) is 0 Å². The standard InChI is InChI=1S/C12H10F2N2O2S/c1-16(12-4-2-3-7-15-12)19(17,18)9-5-6-10(13)11(14)8-9/h2-8H,1H3. The van der Waals surface area contributed by atoms with Crippen LogP contribution in [0.3, 0.4) is 0 Å². The van der Waals surface area contributed by atoms with Crippen LogP contribution in [0.4, 0.5) is 14.6 Å². The van der Waals surface area contributed by atoms with E-state index in [0.29, 0.717) is 6.07 Å². The van der Waals surface area contributed by atoms with E-state index >= 15 is 0 Å². The Morgan fingerprint density at radius 3 is 2.42 bits per heavy atom. The largest absolute Gasteiger partial charge is 0.265 e. The van der Waals surface area contributed by atoms with Gasteiger partial charge in [0.25, 0.3) is 10.0 Å². The van der Waals surface area contributed by atoms with Crippen molar-refractivity contribution in [3.05, 3.63) is 54.2 Å². The minimum Gasteiger partial charge on any atom is -0.253 e. The molecule has 0 saturated carbocycles. The van der Waals surface area contributed by atoms with Crippen molar-refractivity contribution < 1.29 is 17.2 Å². The number of pyridine rings is 1. The number of anilines is 1. The third-order valence-corrected chi connectivity index (χ3v) is 4.28. The lowest BCUT2D eigenvalue weighted by molar-refractivity contribution is 0.504. The summed E-state index contributed by atoms with van der Waals surface area (Å²) in [6, 6.07) is 7.18. The van der Waals surface area contributed by atoms with Crippen LogP contribution in [-0.4, -0.2) is 20.4 Å². The molecule has 100 valence electrons. The van der Waals surface area contributed by atoms with Crippen molar-refractivity contribution in [3.8, 4) is 0 Å². The van der Waals surface area contributed by atoms with Crippen molar-refractivity contribution in [1.29, 1.82) is 0 Å². The molecule has 1 aromatic heterocycles. The summed E-state index contributed by atoms with van der Waals surface area (Å²) in [6.07, 6.45) is 1.44. The fraction of sp³-hybridized carbons (Fsp3) is 0.0833. The number of benzene rings is 1. The molecule has 0 amide bonds. The summed E-state index contributed by atoms with van der Waals surface area (Å²) in [7, 11) is -2.68. The van der Waals surface area contributed by atoms with Crippen LogP contribution in [0.1, 0.15) is 0 Å². The minimum atomic E-state index is -3.97. The van der Waals surface area contributed by atoms with E-state index in [9.17, 15) is 17.2 Å². The van der Waals surface area contributed by atoms with Crippen molar-refractivity contribution in [2.75, 3.05) is 11.4 Å². The molecule has 0 saturated heterocycles. The van der Waals surface area contributed by atoms with Gasteiger partial charge in [-0.15, -0.1) is 0 Å². The summed E-state index contributed by atoms with van der Waals surface area (Å²) in [5.41, 5.74) is 0. The van der Waals surface area contributed by atoms with Crippen LogP contribution >= 0.6 is 0 Å². The number of halogens is 2. The van der Waals surface area contributed by atoms with Gasteiger partial charge < -0.3 is 0 Å². The maximum absolute atomic E-state index is 13.1. The molecule has 19 heavy (non-hydrogen) atoms. The molecule has 0 aliphatic heterocycles. The van der Waals surface area contributed by atoms with Gasteiger partial charge in [0.15, 0.2) is 11.6 Å². The molecule has 7 heteroatoms. The van der Waals surface area contributed by atoms with Gasteiger partial charge in [0.2, 0.25) is 0 Å². The quantitative estimate of drug-likeness (QED) is 0.868. The fourth-order valence-electron chi connectivity index (χ4n) is 1.46. The number of hydrogen-bond acceptors (Lipinski definition) is 3. The molecule has 0 radical (unpaired) electrons. The minimum absolute atomic E-state index is 0.187. The smallest absolute Gasteiger partial charge is 0.253 e. The van der Waals surface area contributed by atoms with Crippen LogP contribution in [-0.2, 0) is 10.0 Å². The van der Waals surface area contributed by atoms with Crippen molar-refractivity contribution in [2.45, 2.75) is 4.90 Å². The SMILES string of the molecule is CN(c1ccccn1)S(=O)(=O)c1ccc(F)c(F)c1. The molecule has 1 aromatic carbocycles. The third-order valence-electron chi connectivity index (χ3n) is 2.52. The molecule has 0 spiro atoms. The summed E-state index contributed by atoms with van der Waals surface area (Å²) in [5.74, 6) is -2.12. The zero-order valence-corrected chi connectivity index (χ0v) is 10.7. The average Bonchev–Trinajstić information content (AvgIpc) is 2.41. The normalized spacial score (nSPS) is 11.3. The number of hydrogen-bond donors (Lipinski definition) is 0. The molecule has 0 aliphatic rings. The Hall–Kier alpha value is -2.02. The maximum atomic E-state index is 13.1. The van der Waals surface area contributed by atoms with Crippen LogP contribution < -0.4 is 4.31 Å². The summed E-state index contributed by atoms with van der Waals surface area (Å²) < 4.78 is 51.2. The first-order valence-electron chi connectivity index (χ1n) is 5.28. The third kappa shape index (κ3) is 2.55. The van der Waals surface area contributed by atoms with Crippen LogP contribution in [0, 0.1) is 11.6 Å². The molecule has 2 rings (SSSR count). The van der Waals surface area contributed by atoms with E-state index in [2.05, 4.69) is 4.98 Å². The molecule has 0 bridgehead atoms. The van der Waals surface area contributed by atoms with E-state index in [1.165, 1.54) is 19.3 Å². The van der Waals surface area contributed by atoms with Gasteiger partial charge in [-0.1, -0.05) is 6.07 Å². The predicted molar refractivity (Wildman–Crippen MR) is 66.2 cm³/mol. The van der Waals surface area contributed by atoms with Crippen molar-refractivity contribution in [2.24, 2.45) is 0 Å². The Kier molecular flexibility index (Phi) is 3.48. The lowest BCUT2D eigenvalue weighted by Gasteiger charge is -2.18. The molecule has 0 fully saturated rings. The van der Waals surface area contributed by atoms with Gasteiger partial charge in [-0.25, -0.2) is 22.2 Å². The summed E-state index contributed by atoms with van der Waals surface area (Å²) in [5, 5.41) is 0. The van der Waals surface area contributed by atoms with Gasteiger partial charge in [0.1, 0.15) is 5.82 Å². The Morgan fingerprint density at radius 2 is 1.84 bits per heavy atom. The zero-order chi connectivity index (χ0) is 14.0. The van der Waals surface area contributed by atoms with Crippen LogP contribution in [0.5, 0.6) is 0 Å². The van der Waals surface area contributed by atoms with Gasteiger partial charge in [-0.3, -0.25) is 4.31 Å². The van der Waals surface area contributed by atoms with E-state index in [0.717, 1.165) is 16.4 Å². The second kappa shape index (κ2) is 4.93. The molecule has 2 aromatic rings. The molecule has 0 aliphatic carbocycles. The van der Waals surface area contributed by atoms with E-state index in [1.807, 2.05) is 0 Å². The number of nitrogens with zero attached hydrogens (tertiary/aromatic N) is 2. The fourth-order valence-corrected chi connectivity index (χ4v) is 2.62. The highest BCUT2D eigenvalue weighted by molar-refractivity contribution is 7.92. The molecule has 0 unspecified atom stereocenters. The second-order valence-corrected chi connectivity index (χ2v) is 5.71. The van der Waals surface area contributed by atoms with Gasteiger partial charge in [-0.2, -0.15) is 0 Å². The van der Waals surface area contributed by atoms with E-state index in [-0.39, 0.29) is 10.7 Å². The maximum Gasteiger partial charge on any atom is 0.265 e. The Bertz CT molecular complexity index is 690. The van der Waals surface area contributed by atoms with Gasteiger partial charge >= 0.3 is 0 Å². The van der Waals surface area contributed by atoms with Crippen LogP contribution in [0.25, 0.3) is 0 Å². The molecule has 0 atom stereocenters. The number of rotatable bonds is 3. The van der Waals surface area contributed by atoms with E-state index in [4.69, 9.17) is 0 Å². The molecule has 1 heterocycles. The van der Waals surface area contributed by atoms with Gasteiger partial charge in [-0.05, 0) is 30.3 Å². The monoisotopic (exact) mass is 284 g/mol. The molecule has 4 nitrogen and oxygen atoms in total. The van der Waals surface area contributed by atoms with Crippen molar-refractivity contribution in [3.63, 3.8) is 0 Å². The second-order valence-electron chi connectivity index (χ2n) is 3.74. The Balaban J connectivity index is 2.45. The first-order chi connectivity index (χ1) is 8.93. The van der Waals surface area contributed by atoms with E-state index in [1.54, 1.807) is 12.1 Å². The first-order valence-corrected chi connectivity index (χ1v) is 6.72. The summed E-state index contributed by atoms with van der Waals surface area (Å²) in [4.78, 5) is 3.56. The highest BCUT2D eigenvalue weighted by Crippen LogP contribution is 2.21. The number of sulfonamides is 1. The molecular weight excluding hydrogens is 274 g/mol. The van der Waals surface area contributed by atoms with Gasteiger partial charge in [0, 0.05) is 13.2 Å². The number of aromatic nitrogens is 1. The van der Waals surface area contributed by atoms with Crippen LogP contribution in [0.15, 0.2) is 47.5 Å². The van der Waals surface area contributed by atoms with Gasteiger partial charge in [0.05, 0.1) is 4.90 Å². The van der Waals surface area contributed by atoms with Crippen molar-refractivity contribution >= 4 is 15.8 Å². The zero-order valence-electron chi connectivity index (χ0n) is 9.92. The summed E-state index contributed by atoms with van der Waals surface area (Å²) >= 11 is 0. The Labute approximate surface area is 109 Å². The first kappa shape index (κ1) is 13.4. The summed E-state index contributed by atoms with van der Waals surface area (Å²) in [6.45, 7) is 0. The lowest BCUT2D eigenvalue weighted by Crippen LogP contribution is -2.27. The van der Waals surface area contributed by atoms with E-state index < -0.39 is 21.7 Å². The Morgan fingerprint density at radius 1 is 1.11 bits per heavy atom.